The zero-order chi connectivity index (χ0) is 14.4. The summed E-state index contributed by atoms with van der Waals surface area (Å²) >= 11 is 0. The van der Waals surface area contributed by atoms with Crippen LogP contribution in [0, 0.1) is 0 Å². The van der Waals surface area contributed by atoms with Gasteiger partial charge < -0.3 is 15.7 Å². The van der Waals surface area contributed by atoms with Crippen molar-refractivity contribution >= 4 is 12.0 Å². The van der Waals surface area contributed by atoms with Gasteiger partial charge in [0.15, 0.2) is 6.04 Å². The highest BCUT2D eigenvalue weighted by Crippen LogP contribution is 2.11. The minimum Gasteiger partial charge on any atom is -0.479 e. The number of aliphatic carboxylic acids is 1. The van der Waals surface area contributed by atoms with E-state index in [0.717, 1.165) is 12.8 Å². The molecule has 3 N–H and O–H groups in total. The maximum absolute atomic E-state index is 11.7. The first kappa shape index (κ1) is 15.0. The lowest BCUT2D eigenvalue weighted by Crippen LogP contribution is -2.44. The van der Waals surface area contributed by atoms with E-state index in [1.165, 1.54) is 10.9 Å². The summed E-state index contributed by atoms with van der Waals surface area (Å²) < 4.78 is 1.49. The number of urea groups is 1. The summed E-state index contributed by atoms with van der Waals surface area (Å²) in [7, 11) is 1.69. The molecule has 0 aliphatic carbocycles. The SMILES string of the molecule is CCCC(C)NC(=O)NC(C(=O)O)c1cnn(C)c1. The zero-order valence-electron chi connectivity index (χ0n) is 11.4. The lowest BCUT2D eigenvalue weighted by molar-refractivity contribution is -0.139. The van der Waals surface area contributed by atoms with E-state index in [9.17, 15) is 9.59 Å². The third-order valence-electron chi connectivity index (χ3n) is 2.68. The number of carbonyl (C=O) groups is 2. The van der Waals surface area contributed by atoms with E-state index < -0.39 is 18.0 Å². The third-order valence-corrected chi connectivity index (χ3v) is 2.68. The Labute approximate surface area is 112 Å². The van der Waals surface area contributed by atoms with Crippen LogP contribution < -0.4 is 10.6 Å². The number of rotatable bonds is 6. The molecule has 0 aromatic carbocycles. The second kappa shape index (κ2) is 6.77. The predicted molar refractivity (Wildman–Crippen MR) is 69.6 cm³/mol. The number of aromatic nitrogens is 2. The molecule has 1 aromatic heterocycles. The number of hydrogen-bond donors (Lipinski definition) is 3. The molecule has 1 aromatic rings. The molecular formula is C12H20N4O3. The van der Waals surface area contributed by atoms with Gasteiger partial charge in [0.1, 0.15) is 0 Å². The molecule has 2 unspecified atom stereocenters. The van der Waals surface area contributed by atoms with E-state index in [1.54, 1.807) is 13.2 Å². The van der Waals surface area contributed by atoms with Crippen molar-refractivity contribution in [2.75, 3.05) is 0 Å². The van der Waals surface area contributed by atoms with Crippen LogP contribution >= 0.6 is 0 Å². The Morgan fingerprint density at radius 1 is 1.47 bits per heavy atom. The van der Waals surface area contributed by atoms with Gasteiger partial charge in [-0.3, -0.25) is 4.68 Å². The number of amides is 2. The van der Waals surface area contributed by atoms with Crippen molar-refractivity contribution in [1.29, 1.82) is 0 Å². The largest absolute Gasteiger partial charge is 0.479 e. The number of carbonyl (C=O) groups excluding carboxylic acids is 1. The van der Waals surface area contributed by atoms with Crippen molar-refractivity contribution in [3.05, 3.63) is 18.0 Å². The average molecular weight is 268 g/mol. The van der Waals surface area contributed by atoms with Gasteiger partial charge in [-0.05, 0) is 13.3 Å². The molecule has 0 radical (unpaired) electrons. The minimum absolute atomic E-state index is 0.00773. The highest BCUT2D eigenvalue weighted by Gasteiger charge is 2.23. The summed E-state index contributed by atoms with van der Waals surface area (Å²) in [5.74, 6) is -1.12. The lowest BCUT2D eigenvalue weighted by Gasteiger charge is -2.17. The molecular weight excluding hydrogens is 248 g/mol. The summed E-state index contributed by atoms with van der Waals surface area (Å²) in [5.41, 5.74) is 0.438. The van der Waals surface area contributed by atoms with Crippen LogP contribution in [0.5, 0.6) is 0 Å². The molecule has 0 aliphatic heterocycles. The quantitative estimate of drug-likeness (QED) is 0.718. The zero-order valence-corrected chi connectivity index (χ0v) is 11.4. The van der Waals surface area contributed by atoms with Crippen molar-refractivity contribution in [3.63, 3.8) is 0 Å². The van der Waals surface area contributed by atoms with Gasteiger partial charge in [-0.1, -0.05) is 13.3 Å². The van der Waals surface area contributed by atoms with Crippen molar-refractivity contribution in [1.82, 2.24) is 20.4 Å². The Hall–Kier alpha value is -2.05. The minimum atomic E-state index is -1.12. The molecule has 7 nitrogen and oxygen atoms in total. The van der Waals surface area contributed by atoms with Gasteiger partial charge >= 0.3 is 12.0 Å². The first-order chi connectivity index (χ1) is 8.93. The van der Waals surface area contributed by atoms with Gasteiger partial charge in [-0.2, -0.15) is 5.10 Å². The fourth-order valence-electron chi connectivity index (χ4n) is 1.78. The van der Waals surface area contributed by atoms with Crippen LogP contribution in [0.1, 0.15) is 38.3 Å². The molecule has 0 saturated carbocycles. The van der Waals surface area contributed by atoms with Gasteiger partial charge in [0.25, 0.3) is 0 Å². The molecule has 7 heteroatoms. The van der Waals surface area contributed by atoms with E-state index in [4.69, 9.17) is 5.11 Å². The van der Waals surface area contributed by atoms with Gasteiger partial charge in [0, 0.05) is 24.8 Å². The van der Waals surface area contributed by atoms with Crippen molar-refractivity contribution in [2.45, 2.75) is 38.8 Å². The molecule has 0 fully saturated rings. The molecule has 0 bridgehead atoms. The molecule has 19 heavy (non-hydrogen) atoms. The fraction of sp³-hybridized carbons (Fsp3) is 0.583. The normalized spacial score (nSPS) is 13.6. The topological polar surface area (TPSA) is 96.2 Å². The molecule has 106 valence electrons. The van der Waals surface area contributed by atoms with E-state index in [-0.39, 0.29) is 6.04 Å². The molecule has 0 saturated heterocycles. The Balaban J connectivity index is 2.64. The summed E-state index contributed by atoms with van der Waals surface area (Å²) in [6.07, 6.45) is 4.79. The van der Waals surface area contributed by atoms with E-state index in [0.29, 0.717) is 5.56 Å². The number of nitrogens with one attached hydrogen (secondary N) is 2. The molecule has 1 heterocycles. The van der Waals surface area contributed by atoms with Crippen LogP contribution in [-0.2, 0) is 11.8 Å². The Morgan fingerprint density at radius 3 is 2.63 bits per heavy atom. The highest BCUT2D eigenvalue weighted by molar-refractivity contribution is 5.83. The third kappa shape index (κ3) is 4.61. The number of carboxylic acids is 1. The number of aryl methyl sites for hydroxylation is 1. The van der Waals surface area contributed by atoms with Gasteiger partial charge in [0.05, 0.1) is 6.20 Å². The molecule has 2 atom stereocenters. The van der Waals surface area contributed by atoms with Crippen molar-refractivity contribution in [2.24, 2.45) is 7.05 Å². The van der Waals surface area contributed by atoms with E-state index in [2.05, 4.69) is 15.7 Å². The summed E-state index contributed by atoms with van der Waals surface area (Å²) in [5, 5.41) is 18.2. The number of nitrogens with zero attached hydrogens (tertiary/aromatic N) is 2. The second-order valence-electron chi connectivity index (χ2n) is 4.53. The first-order valence-corrected chi connectivity index (χ1v) is 6.22. The van der Waals surface area contributed by atoms with Crippen LogP contribution in [0.3, 0.4) is 0 Å². The van der Waals surface area contributed by atoms with Crippen molar-refractivity contribution in [3.8, 4) is 0 Å². The lowest BCUT2D eigenvalue weighted by atomic mass is 10.1. The number of carboxylic acid groups (broad SMARTS) is 1. The van der Waals surface area contributed by atoms with E-state index in [1.807, 2.05) is 13.8 Å². The summed E-state index contributed by atoms with van der Waals surface area (Å²) in [6.45, 7) is 3.90. The Kier molecular flexibility index (Phi) is 5.35. The molecule has 0 aliphatic rings. The second-order valence-corrected chi connectivity index (χ2v) is 4.53. The maximum Gasteiger partial charge on any atom is 0.331 e. The average Bonchev–Trinajstić information content (AvgIpc) is 2.72. The van der Waals surface area contributed by atoms with Gasteiger partial charge in [0.2, 0.25) is 0 Å². The standard InChI is InChI=1S/C12H20N4O3/c1-4-5-8(2)14-12(19)15-10(11(17)18)9-6-13-16(3)7-9/h6-8,10H,4-5H2,1-3H3,(H,17,18)(H2,14,15,19). The van der Waals surface area contributed by atoms with Crippen LogP contribution in [0.4, 0.5) is 4.79 Å². The first-order valence-electron chi connectivity index (χ1n) is 6.22. The van der Waals surface area contributed by atoms with Gasteiger partial charge in [-0.15, -0.1) is 0 Å². The Morgan fingerprint density at radius 2 is 2.16 bits per heavy atom. The Bertz CT molecular complexity index is 444. The highest BCUT2D eigenvalue weighted by atomic mass is 16.4. The van der Waals surface area contributed by atoms with Crippen molar-refractivity contribution < 1.29 is 14.7 Å². The van der Waals surface area contributed by atoms with Crippen LogP contribution in [-0.4, -0.2) is 32.9 Å². The van der Waals surface area contributed by atoms with Gasteiger partial charge in [-0.25, -0.2) is 9.59 Å². The van der Waals surface area contributed by atoms with Crippen LogP contribution in [0.15, 0.2) is 12.4 Å². The molecule has 1 rings (SSSR count). The summed E-state index contributed by atoms with van der Waals surface area (Å²) in [4.78, 5) is 22.9. The van der Waals surface area contributed by atoms with Crippen LogP contribution in [0.2, 0.25) is 0 Å². The van der Waals surface area contributed by atoms with E-state index >= 15 is 0 Å². The predicted octanol–water partition coefficient (Wildman–Crippen LogP) is 1.03. The fourth-order valence-corrected chi connectivity index (χ4v) is 1.78. The van der Waals surface area contributed by atoms with Crippen LogP contribution in [0.25, 0.3) is 0 Å². The maximum atomic E-state index is 11.7. The summed E-state index contributed by atoms with van der Waals surface area (Å²) in [6, 6.07) is -1.58. The molecule has 2 amide bonds. The number of hydrogen-bond acceptors (Lipinski definition) is 3. The molecule has 0 spiro atoms. The smallest absolute Gasteiger partial charge is 0.331 e. The monoisotopic (exact) mass is 268 g/mol.